The predicted molar refractivity (Wildman–Crippen MR) is 168 cm³/mol. The lowest BCUT2D eigenvalue weighted by Crippen LogP contribution is -2.59. The Morgan fingerprint density at radius 1 is 0.930 bits per heavy atom. The molecule has 2 aromatic carbocycles. The number of phenolic OH excluding ortho intramolecular Hbond substituents is 1. The van der Waals surface area contributed by atoms with Crippen LogP contribution in [-0.4, -0.2) is 75.1 Å². The minimum atomic E-state index is -1.22. The molecule has 0 aliphatic carbocycles. The molecule has 0 bridgehead atoms. The van der Waals surface area contributed by atoms with Crippen molar-refractivity contribution in [2.45, 2.75) is 63.7 Å². The molecule has 0 aliphatic heterocycles. The molecule has 1 aromatic heterocycles. The zero-order valence-corrected chi connectivity index (χ0v) is 25.4. The van der Waals surface area contributed by atoms with Gasteiger partial charge in [-0.2, -0.15) is 11.8 Å². The second-order valence-electron chi connectivity index (χ2n) is 10.7. The number of fused-ring (bicyclic) bond motifs is 1. The van der Waals surface area contributed by atoms with Gasteiger partial charge in [-0.15, -0.1) is 0 Å². The molecule has 232 valence electrons. The Labute approximate surface area is 255 Å². The summed E-state index contributed by atoms with van der Waals surface area (Å²) in [7, 11) is 0. The summed E-state index contributed by atoms with van der Waals surface area (Å²) >= 11 is 1.50. The largest absolute Gasteiger partial charge is 0.508 e. The van der Waals surface area contributed by atoms with Gasteiger partial charge < -0.3 is 36.9 Å². The molecule has 43 heavy (non-hydrogen) atoms. The maximum atomic E-state index is 13.5. The number of H-pyrrole nitrogens is 1. The first-order valence-electron chi connectivity index (χ1n) is 14.2. The number of phenols is 1. The van der Waals surface area contributed by atoms with Crippen LogP contribution in [0.4, 0.5) is 0 Å². The number of hydrogen-bond acceptors (Lipinski definition) is 7. The molecule has 0 saturated heterocycles. The van der Waals surface area contributed by atoms with E-state index in [4.69, 9.17) is 5.73 Å². The molecule has 3 aromatic rings. The number of amides is 3. The fraction of sp³-hybridized carbons (Fsp3) is 0.419. The molecular formula is C31H41N5O6S. The van der Waals surface area contributed by atoms with Gasteiger partial charge in [-0.25, -0.2) is 4.79 Å². The molecule has 0 aliphatic rings. The van der Waals surface area contributed by atoms with Gasteiger partial charge >= 0.3 is 5.97 Å². The molecule has 1 heterocycles. The number of hydrogen-bond donors (Lipinski definition) is 7. The number of para-hydroxylation sites is 1. The SMILES string of the molecule is CCC(C)C(NC(=O)C(CCSC)NC(=O)C(N)Cc1ccc(O)cc1)C(=O)NC(Cc1c[nH]c2ccccc12)C(=O)O. The minimum Gasteiger partial charge on any atom is -0.508 e. The second-order valence-corrected chi connectivity index (χ2v) is 11.6. The van der Waals surface area contributed by atoms with E-state index in [-0.39, 0.29) is 24.5 Å². The highest BCUT2D eigenvalue weighted by molar-refractivity contribution is 7.98. The van der Waals surface area contributed by atoms with Crippen LogP contribution in [0.25, 0.3) is 10.9 Å². The third kappa shape index (κ3) is 9.48. The van der Waals surface area contributed by atoms with Gasteiger partial charge in [-0.1, -0.05) is 50.6 Å². The van der Waals surface area contributed by atoms with Crippen molar-refractivity contribution in [1.82, 2.24) is 20.9 Å². The zero-order valence-electron chi connectivity index (χ0n) is 24.6. The highest BCUT2D eigenvalue weighted by atomic mass is 32.2. The molecule has 5 unspecified atom stereocenters. The molecule has 0 saturated carbocycles. The molecule has 8 N–H and O–H groups in total. The molecule has 3 rings (SSSR count). The Morgan fingerprint density at radius 2 is 1.60 bits per heavy atom. The number of aromatic amines is 1. The average molecular weight is 612 g/mol. The van der Waals surface area contributed by atoms with Crippen LogP contribution < -0.4 is 21.7 Å². The standard InChI is InChI=1S/C31H41N5O6S/c1-4-18(2)27(30(40)35-26(31(41)42)16-20-17-33-24-8-6-5-7-22(20)24)36-29(39)25(13-14-43-3)34-28(38)23(32)15-19-9-11-21(37)12-10-19/h5-12,17-18,23,25-27,33,37H,4,13-16,32H2,1-3H3,(H,34,38)(H,35,40)(H,36,39)(H,41,42). The zero-order chi connectivity index (χ0) is 31.5. The van der Waals surface area contributed by atoms with Crippen LogP contribution in [0.1, 0.15) is 37.8 Å². The summed E-state index contributed by atoms with van der Waals surface area (Å²) < 4.78 is 0. The number of nitrogens with two attached hydrogens (primary N) is 1. The Morgan fingerprint density at radius 3 is 2.26 bits per heavy atom. The van der Waals surface area contributed by atoms with Crippen molar-refractivity contribution in [2.75, 3.05) is 12.0 Å². The van der Waals surface area contributed by atoms with Gasteiger partial charge in [-0.05, 0) is 60.1 Å². The quantitative estimate of drug-likeness (QED) is 0.129. The van der Waals surface area contributed by atoms with E-state index in [2.05, 4.69) is 20.9 Å². The van der Waals surface area contributed by atoms with Gasteiger partial charge in [-0.3, -0.25) is 14.4 Å². The first-order chi connectivity index (χ1) is 20.5. The Hall–Kier alpha value is -4.03. The van der Waals surface area contributed by atoms with Gasteiger partial charge in [0, 0.05) is 23.5 Å². The lowest BCUT2D eigenvalue weighted by molar-refractivity contribution is -0.142. The number of carboxylic acids is 1. The Kier molecular flexibility index (Phi) is 12.4. The summed E-state index contributed by atoms with van der Waals surface area (Å²) in [5.41, 5.74) is 8.48. The summed E-state index contributed by atoms with van der Waals surface area (Å²) in [5.74, 6) is -2.54. The monoisotopic (exact) mass is 611 g/mol. The Bertz CT molecular complexity index is 1390. The van der Waals surface area contributed by atoms with Crippen LogP contribution in [0.3, 0.4) is 0 Å². The van der Waals surface area contributed by atoms with E-state index in [1.807, 2.05) is 37.4 Å². The summed E-state index contributed by atoms with van der Waals surface area (Å²) in [6.07, 6.45) is 4.70. The van der Waals surface area contributed by atoms with Crippen molar-refractivity contribution in [2.24, 2.45) is 11.7 Å². The topological polar surface area (TPSA) is 187 Å². The van der Waals surface area contributed by atoms with Crippen molar-refractivity contribution in [3.8, 4) is 5.75 Å². The molecule has 12 heteroatoms. The van der Waals surface area contributed by atoms with Gasteiger partial charge in [0.2, 0.25) is 17.7 Å². The van der Waals surface area contributed by atoms with Crippen molar-refractivity contribution in [1.29, 1.82) is 0 Å². The molecular weight excluding hydrogens is 570 g/mol. The number of nitrogens with one attached hydrogen (secondary N) is 4. The van der Waals surface area contributed by atoms with Crippen molar-refractivity contribution in [3.63, 3.8) is 0 Å². The molecule has 0 fully saturated rings. The molecule has 11 nitrogen and oxygen atoms in total. The predicted octanol–water partition coefficient (Wildman–Crippen LogP) is 2.32. The third-order valence-electron chi connectivity index (χ3n) is 7.48. The highest BCUT2D eigenvalue weighted by Gasteiger charge is 2.33. The van der Waals surface area contributed by atoms with E-state index < -0.39 is 47.9 Å². The van der Waals surface area contributed by atoms with Gasteiger partial charge in [0.25, 0.3) is 0 Å². The molecule has 3 amide bonds. The van der Waals surface area contributed by atoms with Crippen LogP contribution in [0.15, 0.2) is 54.7 Å². The van der Waals surface area contributed by atoms with E-state index in [1.54, 1.807) is 25.3 Å². The van der Waals surface area contributed by atoms with E-state index in [0.717, 1.165) is 22.0 Å². The van der Waals surface area contributed by atoms with Crippen LogP contribution in [-0.2, 0) is 32.0 Å². The van der Waals surface area contributed by atoms with Gasteiger partial charge in [0.15, 0.2) is 0 Å². The van der Waals surface area contributed by atoms with Gasteiger partial charge in [0.1, 0.15) is 23.9 Å². The maximum Gasteiger partial charge on any atom is 0.326 e. The van der Waals surface area contributed by atoms with E-state index in [0.29, 0.717) is 18.6 Å². The summed E-state index contributed by atoms with van der Waals surface area (Å²) in [6.45, 7) is 3.66. The maximum absolute atomic E-state index is 13.5. The fourth-order valence-corrected chi connectivity index (χ4v) is 5.17. The number of aromatic hydroxyl groups is 1. The first kappa shape index (κ1) is 33.5. The summed E-state index contributed by atoms with van der Waals surface area (Å²) in [4.78, 5) is 55.1. The third-order valence-corrected chi connectivity index (χ3v) is 8.12. The highest BCUT2D eigenvalue weighted by Crippen LogP contribution is 2.20. The minimum absolute atomic E-state index is 0.0532. The number of carbonyl (C=O) groups excluding carboxylic acids is 3. The first-order valence-corrected chi connectivity index (χ1v) is 15.6. The number of aromatic nitrogens is 1. The number of aliphatic carboxylic acids is 1. The fourth-order valence-electron chi connectivity index (χ4n) is 4.70. The van der Waals surface area contributed by atoms with Crippen LogP contribution in [0.5, 0.6) is 5.75 Å². The molecule has 5 atom stereocenters. The number of thioether (sulfide) groups is 1. The molecule has 0 spiro atoms. The van der Waals surface area contributed by atoms with Crippen molar-refractivity contribution < 1.29 is 29.4 Å². The second kappa shape index (κ2) is 16.0. The lowest BCUT2D eigenvalue weighted by Gasteiger charge is -2.28. The summed E-state index contributed by atoms with van der Waals surface area (Å²) in [6, 6.07) is 9.69. The molecule has 0 radical (unpaired) electrons. The number of rotatable bonds is 16. The van der Waals surface area contributed by atoms with Gasteiger partial charge in [0.05, 0.1) is 6.04 Å². The summed E-state index contributed by atoms with van der Waals surface area (Å²) in [5, 5.41) is 28.4. The average Bonchev–Trinajstić information content (AvgIpc) is 3.40. The lowest BCUT2D eigenvalue weighted by atomic mass is 9.96. The smallest absolute Gasteiger partial charge is 0.326 e. The van der Waals surface area contributed by atoms with E-state index >= 15 is 0 Å². The number of benzene rings is 2. The normalized spacial score (nSPS) is 14.7. The van der Waals surface area contributed by atoms with Crippen LogP contribution >= 0.6 is 11.8 Å². The van der Waals surface area contributed by atoms with Crippen LogP contribution in [0.2, 0.25) is 0 Å². The Balaban J connectivity index is 1.71. The van der Waals surface area contributed by atoms with Crippen molar-refractivity contribution >= 4 is 46.4 Å². The number of carbonyl (C=O) groups is 4. The number of carboxylic acid groups (broad SMARTS) is 1. The van der Waals surface area contributed by atoms with Crippen molar-refractivity contribution in [3.05, 3.63) is 65.9 Å². The van der Waals surface area contributed by atoms with E-state index in [1.165, 1.54) is 23.9 Å². The van der Waals surface area contributed by atoms with Crippen LogP contribution in [0, 0.1) is 5.92 Å². The van der Waals surface area contributed by atoms with E-state index in [9.17, 15) is 29.4 Å².